The number of benzene rings is 2. The normalized spacial score (nSPS) is 17.7. The summed E-state index contributed by atoms with van der Waals surface area (Å²) in [5, 5.41) is 9.81. The first kappa shape index (κ1) is 26.6. The summed E-state index contributed by atoms with van der Waals surface area (Å²) < 4.78 is 0. The molecule has 1 saturated heterocycles. The number of rotatable bonds is 7. The smallest absolute Gasteiger partial charge is 0.291 e. The van der Waals surface area contributed by atoms with E-state index in [0.717, 1.165) is 49.5 Å². The van der Waals surface area contributed by atoms with E-state index in [1.54, 1.807) is 11.9 Å². The van der Waals surface area contributed by atoms with Crippen LogP contribution in [0.5, 0.6) is 0 Å². The lowest BCUT2D eigenvalue weighted by Gasteiger charge is -2.36. The van der Waals surface area contributed by atoms with Crippen molar-refractivity contribution < 1.29 is 9.59 Å². The zero-order valence-electron chi connectivity index (χ0n) is 23.2. The minimum Gasteiger partial charge on any atom is -0.369 e. The zero-order chi connectivity index (χ0) is 28.2. The molecule has 4 aromatic rings. The third-order valence-corrected chi connectivity index (χ3v) is 7.90. The van der Waals surface area contributed by atoms with Crippen molar-refractivity contribution in [2.45, 2.75) is 31.8 Å². The maximum Gasteiger partial charge on any atom is 0.291 e. The summed E-state index contributed by atoms with van der Waals surface area (Å²) >= 11 is 0. The first-order valence-corrected chi connectivity index (χ1v) is 14.1. The molecular formula is C31H34N8O2. The van der Waals surface area contributed by atoms with Gasteiger partial charge < -0.3 is 15.1 Å². The van der Waals surface area contributed by atoms with Gasteiger partial charge in [-0.15, -0.1) is 5.10 Å². The molecule has 2 aromatic carbocycles. The molecule has 0 radical (unpaired) electrons. The van der Waals surface area contributed by atoms with E-state index in [1.165, 1.54) is 11.3 Å². The number of aryl methyl sites for hydroxylation is 1. The maximum absolute atomic E-state index is 13.4. The Hall–Kier alpha value is -4.57. The van der Waals surface area contributed by atoms with Gasteiger partial charge in [0, 0.05) is 70.0 Å². The molecule has 0 saturated carbocycles. The summed E-state index contributed by atoms with van der Waals surface area (Å²) in [6.45, 7) is 4.70. The fraction of sp³-hybridized carbons (Fsp3) is 0.323. The lowest BCUT2D eigenvalue weighted by molar-refractivity contribution is -0.120. The Kier molecular flexibility index (Phi) is 7.73. The largest absolute Gasteiger partial charge is 0.369 e. The number of pyridine rings is 1. The third kappa shape index (κ3) is 6.12. The van der Waals surface area contributed by atoms with E-state index >= 15 is 0 Å². The number of carbonyl (C=O) groups excluding carboxylic acids is 2. The van der Waals surface area contributed by atoms with Crippen LogP contribution < -0.4 is 15.1 Å². The number of fused-ring (bicyclic) bond motifs is 1. The Balaban J connectivity index is 1.07. The van der Waals surface area contributed by atoms with Gasteiger partial charge in [0.15, 0.2) is 0 Å². The van der Waals surface area contributed by atoms with Crippen LogP contribution in [0.2, 0.25) is 0 Å². The topological polar surface area (TPSA) is 110 Å². The molecule has 6 rings (SSSR count). The average molecular weight is 551 g/mol. The van der Waals surface area contributed by atoms with Crippen LogP contribution in [0.15, 0.2) is 73.1 Å². The van der Waals surface area contributed by atoms with Gasteiger partial charge in [0.1, 0.15) is 11.9 Å². The summed E-state index contributed by atoms with van der Waals surface area (Å²) in [6.07, 6.45) is 5.42. The van der Waals surface area contributed by atoms with Crippen LogP contribution in [-0.4, -0.2) is 76.1 Å². The molecule has 210 valence electrons. The highest BCUT2D eigenvalue weighted by atomic mass is 16.2. The van der Waals surface area contributed by atoms with Crippen molar-refractivity contribution in [1.29, 1.82) is 0 Å². The Bertz CT molecular complexity index is 1500. The molecule has 2 amide bonds. The van der Waals surface area contributed by atoms with E-state index in [9.17, 15) is 9.59 Å². The van der Waals surface area contributed by atoms with Crippen LogP contribution in [0.1, 0.15) is 39.6 Å². The SMILES string of the molecule is CN1C(=O)C(NC(=O)c2n[nH]c(Cc3ccccc3)n2)CCc2ccc(CN3CCN(c4ccncc4)CC3)cc21. The van der Waals surface area contributed by atoms with Gasteiger partial charge in [-0.1, -0.05) is 42.5 Å². The van der Waals surface area contributed by atoms with Gasteiger partial charge >= 0.3 is 0 Å². The summed E-state index contributed by atoms with van der Waals surface area (Å²) in [7, 11) is 1.79. The number of nitrogens with zero attached hydrogens (tertiary/aromatic N) is 6. The predicted octanol–water partition coefficient (Wildman–Crippen LogP) is 2.82. The van der Waals surface area contributed by atoms with Gasteiger partial charge in [-0.3, -0.25) is 24.6 Å². The van der Waals surface area contributed by atoms with Gasteiger partial charge in [-0.25, -0.2) is 4.98 Å². The first-order valence-electron chi connectivity index (χ1n) is 14.1. The molecule has 41 heavy (non-hydrogen) atoms. The molecule has 1 fully saturated rings. The Morgan fingerprint density at radius 3 is 2.56 bits per heavy atom. The molecule has 4 heterocycles. The quantitative estimate of drug-likeness (QED) is 0.364. The van der Waals surface area contributed by atoms with Gasteiger partial charge in [-0.2, -0.15) is 0 Å². The third-order valence-electron chi connectivity index (χ3n) is 7.90. The molecule has 1 unspecified atom stereocenters. The lowest BCUT2D eigenvalue weighted by atomic mass is 10.0. The van der Waals surface area contributed by atoms with Crippen molar-refractivity contribution >= 4 is 23.2 Å². The number of hydrogen-bond acceptors (Lipinski definition) is 7. The van der Waals surface area contributed by atoms with E-state index in [4.69, 9.17) is 0 Å². The summed E-state index contributed by atoms with van der Waals surface area (Å²) in [5.41, 5.74) is 5.47. The number of piperazine rings is 1. The van der Waals surface area contributed by atoms with Crippen molar-refractivity contribution in [3.63, 3.8) is 0 Å². The molecule has 2 aliphatic heterocycles. The van der Waals surface area contributed by atoms with Crippen LogP contribution in [0.25, 0.3) is 0 Å². The molecule has 2 aliphatic rings. The summed E-state index contributed by atoms with van der Waals surface area (Å²) in [4.78, 5) is 41.4. The van der Waals surface area contributed by atoms with Crippen molar-refractivity contribution in [3.8, 4) is 0 Å². The van der Waals surface area contributed by atoms with E-state index < -0.39 is 11.9 Å². The number of H-pyrrole nitrogens is 1. The van der Waals surface area contributed by atoms with Crippen LogP contribution in [0.4, 0.5) is 11.4 Å². The van der Waals surface area contributed by atoms with Crippen molar-refractivity contribution in [2.75, 3.05) is 43.0 Å². The number of anilines is 2. The zero-order valence-corrected chi connectivity index (χ0v) is 23.2. The highest BCUT2D eigenvalue weighted by Crippen LogP contribution is 2.28. The van der Waals surface area contributed by atoms with E-state index in [2.05, 4.69) is 65.6 Å². The van der Waals surface area contributed by atoms with E-state index in [-0.39, 0.29) is 11.7 Å². The number of hydrogen-bond donors (Lipinski definition) is 2. The minimum absolute atomic E-state index is 0.0412. The number of carbonyl (C=O) groups is 2. The monoisotopic (exact) mass is 550 g/mol. The van der Waals surface area contributed by atoms with Gasteiger partial charge in [0.2, 0.25) is 11.7 Å². The Morgan fingerprint density at radius 2 is 1.78 bits per heavy atom. The van der Waals surface area contributed by atoms with Gasteiger partial charge in [-0.05, 0) is 47.7 Å². The average Bonchev–Trinajstić information content (AvgIpc) is 3.45. The van der Waals surface area contributed by atoms with Crippen LogP contribution in [0, 0.1) is 0 Å². The number of aromatic amines is 1. The highest BCUT2D eigenvalue weighted by Gasteiger charge is 2.31. The van der Waals surface area contributed by atoms with Crippen molar-refractivity contribution in [3.05, 3.63) is 101 Å². The molecular weight excluding hydrogens is 516 g/mol. The molecule has 1 atom stereocenters. The number of amides is 2. The number of aromatic nitrogens is 4. The molecule has 0 bridgehead atoms. The second kappa shape index (κ2) is 11.9. The van der Waals surface area contributed by atoms with E-state index in [1.807, 2.05) is 42.7 Å². The van der Waals surface area contributed by atoms with Crippen molar-refractivity contribution in [1.82, 2.24) is 30.4 Å². The number of nitrogens with one attached hydrogen (secondary N) is 2. The van der Waals surface area contributed by atoms with Crippen LogP contribution >= 0.6 is 0 Å². The highest BCUT2D eigenvalue weighted by molar-refractivity contribution is 6.02. The fourth-order valence-corrected chi connectivity index (χ4v) is 5.61. The first-order chi connectivity index (χ1) is 20.0. The minimum atomic E-state index is -0.652. The second-order valence-electron chi connectivity index (χ2n) is 10.7. The molecule has 0 aliphatic carbocycles. The lowest BCUT2D eigenvalue weighted by Crippen LogP contribution is -2.47. The van der Waals surface area contributed by atoms with Gasteiger partial charge in [0.05, 0.1) is 0 Å². The fourth-order valence-electron chi connectivity index (χ4n) is 5.61. The Morgan fingerprint density at radius 1 is 1.00 bits per heavy atom. The molecule has 10 heteroatoms. The Labute approximate surface area is 239 Å². The maximum atomic E-state index is 13.4. The second-order valence-corrected chi connectivity index (χ2v) is 10.7. The van der Waals surface area contributed by atoms with E-state index in [0.29, 0.717) is 25.1 Å². The standard InChI is InChI=1S/C31H34N8O2/c1-37-27-19-23(21-38-15-17-39(18-16-38)25-11-13-32-14-12-25)7-8-24(27)9-10-26(31(37)41)33-30(40)29-34-28(35-36-29)20-22-5-3-2-4-6-22/h2-8,11-14,19,26H,9-10,15-18,20-21H2,1H3,(H,33,40)(H,34,35,36). The molecule has 0 spiro atoms. The van der Waals surface area contributed by atoms with Gasteiger partial charge in [0.25, 0.3) is 5.91 Å². The summed E-state index contributed by atoms with van der Waals surface area (Å²) in [6, 6.07) is 19.7. The molecule has 10 nitrogen and oxygen atoms in total. The number of likely N-dealkylation sites (N-methyl/N-ethyl adjacent to an activating group) is 1. The van der Waals surface area contributed by atoms with Crippen molar-refractivity contribution in [2.24, 2.45) is 0 Å². The van der Waals surface area contributed by atoms with Crippen LogP contribution in [0.3, 0.4) is 0 Å². The summed E-state index contributed by atoms with van der Waals surface area (Å²) in [5.74, 6) is 0.0500. The molecule has 2 aromatic heterocycles. The predicted molar refractivity (Wildman–Crippen MR) is 157 cm³/mol. The molecule has 2 N–H and O–H groups in total. The van der Waals surface area contributed by atoms with Crippen LogP contribution in [-0.2, 0) is 24.2 Å².